The largest absolute Gasteiger partial charge is 0.481 e. The number of sulfonamides is 1. The van der Waals surface area contributed by atoms with Crippen molar-refractivity contribution in [2.45, 2.75) is 30.2 Å². The minimum Gasteiger partial charge on any atom is -0.481 e. The lowest BCUT2D eigenvalue weighted by molar-refractivity contribution is -0.141. The van der Waals surface area contributed by atoms with Gasteiger partial charge in [-0.05, 0) is 31.4 Å². The van der Waals surface area contributed by atoms with Crippen molar-refractivity contribution in [3.63, 3.8) is 0 Å². The monoisotopic (exact) mass is 352 g/mol. The summed E-state index contributed by atoms with van der Waals surface area (Å²) in [6.45, 7) is 0.833. The van der Waals surface area contributed by atoms with Gasteiger partial charge in [-0.25, -0.2) is 8.42 Å². The van der Waals surface area contributed by atoms with E-state index >= 15 is 0 Å². The molecule has 2 atom stereocenters. The van der Waals surface area contributed by atoms with Crippen LogP contribution in [0.25, 0.3) is 0 Å². The van der Waals surface area contributed by atoms with Gasteiger partial charge in [0, 0.05) is 19.6 Å². The number of carbonyl (C=O) groups excluding carboxylic acids is 1. The first-order valence-corrected chi connectivity index (χ1v) is 9.44. The number of benzene rings is 1. The molecule has 2 saturated heterocycles. The van der Waals surface area contributed by atoms with E-state index in [1.165, 1.54) is 21.3 Å². The first-order chi connectivity index (χ1) is 11.4. The Kier molecular flexibility index (Phi) is 4.60. The van der Waals surface area contributed by atoms with Gasteiger partial charge in [0.15, 0.2) is 0 Å². The lowest BCUT2D eigenvalue weighted by Crippen LogP contribution is -2.47. The van der Waals surface area contributed by atoms with Crippen LogP contribution in [0.15, 0.2) is 35.2 Å². The lowest BCUT2D eigenvalue weighted by Gasteiger charge is -2.27. The van der Waals surface area contributed by atoms with Gasteiger partial charge in [0.05, 0.1) is 10.8 Å². The van der Waals surface area contributed by atoms with Crippen LogP contribution in [-0.4, -0.2) is 60.3 Å². The molecule has 1 amide bonds. The average molecular weight is 352 g/mol. The molecular formula is C16H20N2O5S. The van der Waals surface area contributed by atoms with E-state index in [0.717, 1.165) is 0 Å². The van der Waals surface area contributed by atoms with Gasteiger partial charge in [-0.15, -0.1) is 0 Å². The zero-order chi connectivity index (χ0) is 17.3. The van der Waals surface area contributed by atoms with Gasteiger partial charge in [-0.1, -0.05) is 18.2 Å². The van der Waals surface area contributed by atoms with Crippen molar-refractivity contribution in [1.29, 1.82) is 0 Å². The van der Waals surface area contributed by atoms with Crippen LogP contribution in [0.5, 0.6) is 0 Å². The van der Waals surface area contributed by atoms with E-state index < -0.39 is 28.0 Å². The van der Waals surface area contributed by atoms with Crippen LogP contribution in [0.1, 0.15) is 19.3 Å². The van der Waals surface area contributed by atoms with E-state index in [-0.39, 0.29) is 17.3 Å². The van der Waals surface area contributed by atoms with Crippen LogP contribution in [0, 0.1) is 5.92 Å². The first kappa shape index (κ1) is 16.9. The third-order valence-corrected chi connectivity index (χ3v) is 6.61. The molecule has 2 aliphatic rings. The highest BCUT2D eigenvalue weighted by Crippen LogP contribution is 2.28. The van der Waals surface area contributed by atoms with E-state index in [4.69, 9.17) is 5.11 Å². The molecule has 24 heavy (non-hydrogen) atoms. The standard InChI is InChI=1S/C16H20N2O5S/c19-15(17-10-8-12(11-17)16(20)21)14-7-4-9-18(14)24(22,23)13-5-2-1-3-6-13/h1-3,5-6,12,14H,4,7-11H2,(H,20,21). The van der Waals surface area contributed by atoms with Crippen molar-refractivity contribution in [3.8, 4) is 0 Å². The fraction of sp³-hybridized carbons (Fsp3) is 0.500. The maximum Gasteiger partial charge on any atom is 0.308 e. The van der Waals surface area contributed by atoms with E-state index in [0.29, 0.717) is 32.4 Å². The topological polar surface area (TPSA) is 95.0 Å². The molecule has 2 aliphatic heterocycles. The highest BCUT2D eigenvalue weighted by Gasteiger charge is 2.43. The summed E-state index contributed by atoms with van der Waals surface area (Å²) in [7, 11) is -3.72. The molecule has 2 fully saturated rings. The smallest absolute Gasteiger partial charge is 0.308 e. The van der Waals surface area contributed by atoms with Crippen molar-refractivity contribution in [2.24, 2.45) is 5.92 Å². The summed E-state index contributed by atoms with van der Waals surface area (Å²) in [6, 6.07) is 7.34. The van der Waals surface area contributed by atoms with Gasteiger partial charge >= 0.3 is 5.97 Å². The summed E-state index contributed by atoms with van der Waals surface area (Å²) in [5.41, 5.74) is 0. The second kappa shape index (κ2) is 6.52. The number of hydrogen-bond acceptors (Lipinski definition) is 4. The minimum atomic E-state index is -3.72. The fourth-order valence-electron chi connectivity index (χ4n) is 3.38. The van der Waals surface area contributed by atoms with Crippen LogP contribution >= 0.6 is 0 Å². The highest BCUT2D eigenvalue weighted by molar-refractivity contribution is 7.89. The fourth-order valence-corrected chi connectivity index (χ4v) is 5.05. The Hall–Kier alpha value is -1.93. The Morgan fingerprint density at radius 2 is 1.79 bits per heavy atom. The molecule has 0 aromatic heterocycles. The molecule has 0 spiro atoms. The van der Waals surface area contributed by atoms with Gasteiger partial charge in [0.1, 0.15) is 6.04 Å². The molecule has 0 saturated carbocycles. The third kappa shape index (κ3) is 3.03. The molecule has 1 aromatic carbocycles. The molecule has 1 aromatic rings. The summed E-state index contributed by atoms with van der Waals surface area (Å²) in [5.74, 6) is -1.75. The number of rotatable bonds is 4. The molecule has 3 rings (SSSR count). The molecule has 130 valence electrons. The summed E-state index contributed by atoms with van der Waals surface area (Å²) < 4.78 is 26.9. The number of carboxylic acid groups (broad SMARTS) is 1. The lowest BCUT2D eigenvalue weighted by atomic mass is 10.1. The molecule has 2 heterocycles. The van der Waals surface area contributed by atoms with Crippen molar-refractivity contribution in [3.05, 3.63) is 30.3 Å². The predicted octanol–water partition coefficient (Wildman–Crippen LogP) is 0.773. The molecule has 0 bridgehead atoms. The Bertz CT molecular complexity index is 734. The Morgan fingerprint density at radius 3 is 2.42 bits per heavy atom. The number of likely N-dealkylation sites (tertiary alicyclic amines) is 1. The van der Waals surface area contributed by atoms with Gasteiger partial charge in [-0.3, -0.25) is 9.59 Å². The quantitative estimate of drug-likeness (QED) is 0.864. The van der Waals surface area contributed by atoms with E-state index in [2.05, 4.69) is 0 Å². The third-order valence-electron chi connectivity index (χ3n) is 4.69. The predicted molar refractivity (Wildman–Crippen MR) is 85.7 cm³/mol. The molecule has 0 aliphatic carbocycles. The van der Waals surface area contributed by atoms with Crippen LogP contribution in [0.4, 0.5) is 0 Å². The number of hydrogen-bond donors (Lipinski definition) is 1. The maximum absolute atomic E-state index is 12.8. The molecule has 0 radical (unpaired) electrons. The second-order valence-corrected chi connectivity index (χ2v) is 8.09. The van der Waals surface area contributed by atoms with Crippen molar-refractivity contribution >= 4 is 21.9 Å². The number of aliphatic carboxylic acids is 1. The van der Waals surface area contributed by atoms with Gasteiger partial charge < -0.3 is 10.0 Å². The molecule has 8 heteroatoms. The molecule has 7 nitrogen and oxygen atoms in total. The van der Waals surface area contributed by atoms with Gasteiger partial charge in [0.2, 0.25) is 15.9 Å². The van der Waals surface area contributed by atoms with Crippen LogP contribution < -0.4 is 0 Å². The van der Waals surface area contributed by atoms with Crippen LogP contribution in [0.3, 0.4) is 0 Å². The summed E-state index contributed by atoms with van der Waals surface area (Å²) >= 11 is 0. The number of carboxylic acids is 1. The first-order valence-electron chi connectivity index (χ1n) is 8.00. The van der Waals surface area contributed by atoms with Crippen molar-refractivity contribution < 1.29 is 23.1 Å². The number of nitrogens with zero attached hydrogens (tertiary/aromatic N) is 2. The zero-order valence-electron chi connectivity index (χ0n) is 13.2. The Morgan fingerprint density at radius 1 is 1.08 bits per heavy atom. The van der Waals surface area contributed by atoms with Gasteiger partial charge in [0.25, 0.3) is 0 Å². The van der Waals surface area contributed by atoms with Crippen molar-refractivity contribution in [1.82, 2.24) is 9.21 Å². The second-order valence-electron chi connectivity index (χ2n) is 6.19. The SMILES string of the molecule is O=C(O)C1CCN(C(=O)C2CCCN2S(=O)(=O)c2ccccc2)C1. The highest BCUT2D eigenvalue weighted by atomic mass is 32.2. The summed E-state index contributed by atoms with van der Waals surface area (Å²) in [4.78, 5) is 25.5. The molecular weight excluding hydrogens is 332 g/mol. The van der Waals surface area contributed by atoms with Crippen LogP contribution in [0.2, 0.25) is 0 Å². The molecule has 1 N–H and O–H groups in total. The normalized spacial score (nSPS) is 25.1. The van der Waals surface area contributed by atoms with Crippen LogP contribution in [-0.2, 0) is 19.6 Å². The van der Waals surface area contributed by atoms with Crippen molar-refractivity contribution in [2.75, 3.05) is 19.6 Å². The number of amides is 1. The zero-order valence-corrected chi connectivity index (χ0v) is 14.0. The van der Waals surface area contributed by atoms with E-state index in [9.17, 15) is 18.0 Å². The molecule has 2 unspecified atom stereocenters. The van der Waals surface area contributed by atoms with E-state index in [1.54, 1.807) is 18.2 Å². The average Bonchev–Trinajstić information content (AvgIpc) is 3.25. The maximum atomic E-state index is 12.8. The number of carbonyl (C=O) groups is 2. The Balaban J connectivity index is 1.79. The minimum absolute atomic E-state index is 0.157. The van der Waals surface area contributed by atoms with E-state index in [1.807, 2.05) is 0 Å². The Labute approximate surface area is 140 Å². The summed E-state index contributed by atoms with van der Waals surface area (Å²) in [5, 5.41) is 9.06. The summed E-state index contributed by atoms with van der Waals surface area (Å²) in [6.07, 6.45) is 1.51. The van der Waals surface area contributed by atoms with Gasteiger partial charge in [-0.2, -0.15) is 4.31 Å².